The van der Waals surface area contributed by atoms with E-state index in [0.717, 1.165) is 29.7 Å². The van der Waals surface area contributed by atoms with Crippen LogP contribution in [0.3, 0.4) is 0 Å². The molecule has 1 aromatic carbocycles. The molecule has 28 heavy (non-hydrogen) atoms. The second-order valence-electron chi connectivity index (χ2n) is 8.30. The van der Waals surface area contributed by atoms with Gasteiger partial charge in [0.05, 0.1) is 12.2 Å². The van der Waals surface area contributed by atoms with E-state index in [4.69, 9.17) is 4.42 Å². The first kappa shape index (κ1) is 20.4. The molecule has 0 saturated carbocycles. The van der Waals surface area contributed by atoms with Crippen molar-refractivity contribution in [2.75, 3.05) is 26.7 Å². The van der Waals surface area contributed by atoms with Crippen molar-refractivity contribution < 1.29 is 4.42 Å². The van der Waals surface area contributed by atoms with E-state index < -0.39 is 0 Å². The minimum Gasteiger partial charge on any atom is -0.444 e. The van der Waals surface area contributed by atoms with Crippen LogP contribution < -0.4 is 10.6 Å². The van der Waals surface area contributed by atoms with Crippen LogP contribution in [-0.2, 0) is 6.54 Å². The topological polar surface area (TPSA) is 65.7 Å². The molecule has 3 rings (SSSR count). The van der Waals surface area contributed by atoms with Crippen LogP contribution in [0.5, 0.6) is 0 Å². The standard InChI is InChI=1S/C22H33N5O/c1-17-9-8-12-27(14-17)22(2,3)16-25-21(23-4)24-13-19-15-28-20(26-19)18-10-6-5-7-11-18/h5-7,10-11,15,17H,8-9,12-14,16H2,1-4H3,(H2,23,24,25). The lowest BCUT2D eigenvalue weighted by molar-refractivity contribution is 0.0739. The third-order valence-electron chi connectivity index (χ3n) is 5.43. The Morgan fingerprint density at radius 1 is 1.29 bits per heavy atom. The number of oxazole rings is 1. The van der Waals surface area contributed by atoms with Gasteiger partial charge in [-0.15, -0.1) is 0 Å². The average molecular weight is 384 g/mol. The first-order valence-corrected chi connectivity index (χ1v) is 10.2. The maximum absolute atomic E-state index is 5.60. The van der Waals surface area contributed by atoms with Crippen LogP contribution in [0.25, 0.3) is 11.5 Å². The summed E-state index contributed by atoms with van der Waals surface area (Å²) in [6.07, 6.45) is 4.32. The molecule has 0 bridgehead atoms. The summed E-state index contributed by atoms with van der Waals surface area (Å²) >= 11 is 0. The van der Waals surface area contributed by atoms with Gasteiger partial charge in [0.2, 0.25) is 5.89 Å². The molecule has 0 aliphatic carbocycles. The molecule has 6 nitrogen and oxygen atoms in total. The Hall–Kier alpha value is -2.34. The van der Waals surface area contributed by atoms with Gasteiger partial charge >= 0.3 is 0 Å². The van der Waals surface area contributed by atoms with Crippen molar-refractivity contribution >= 4 is 5.96 Å². The molecule has 2 aromatic rings. The quantitative estimate of drug-likeness (QED) is 0.590. The zero-order valence-corrected chi connectivity index (χ0v) is 17.5. The van der Waals surface area contributed by atoms with Crippen LogP contribution in [0, 0.1) is 5.92 Å². The summed E-state index contributed by atoms with van der Waals surface area (Å²) in [5.74, 6) is 2.19. The molecular formula is C22H33N5O. The number of benzene rings is 1. The normalized spacial score (nSPS) is 18.9. The number of guanidine groups is 1. The summed E-state index contributed by atoms with van der Waals surface area (Å²) in [5.41, 5.74) is 1.92. The minimum atomic E-state index is 0.0840. The van der Waals surface area contributed by atoms with Crippen molar-refractivity contribution in [1.82, 2.24) is 20.5 Å². The number of likely N-dealkylation sites (tertiary alicyclic amines) is 1. The van der Waals surface area contributed by atoms with Crippen LogP contribution >= 0.6 is 0 Å². The zero-order chi connectivity index (χ0) is 20.0. The fourth-order valence-corrected chi connectivity index (χ4v) is 3.65. The summed E-state index contributed by atoms with van der Waals surface area (Å²) < 4.78 is 5.60. The van der Waals surface area contributed by atoms with Gasteiger partial charge in [0.25, 0.3) is 0 Å². The van der Waals surface area contributed by atoms with E-state index >= 15 is 0 Å². The van der Waals surface area contributed by atoms with E-state index in [1.165, 1.54) is 25.9 Å². The summed E-state index contributed by atoms with van der Waals surface area (Å²) in [6, 6.07) is 9.93. The minimum absolute atomic E-state index is 0.0840. The molecule has 0 spiro atoms. The number of nitrogens with zero attached hydrogens (tertiary/aromatic N) is 3. The highest BCUT2D eigenvalue weighted by atomic mass is 16.3. The highest BCUT2D eigenvalue weighted by Crippen LogP contribution is 2.23. The summed E-state index contributed by atoms with van der Waals surface area (Å²) in [6.45, 7) is 10.7. The SMILES string of the molecule is CN=C(NCc1coc(-c2ccccc2)n1)NCC(C)(C)N1CCCC(C)C1. The predicted octanol–water partition coefficient (Wildman–Crippen LogP) is 3.52. The number of nitrogens with one attached hydrogen (secondary N) is 2. The molecule has 1 fully saturated rings. The monoisotopic (exact) mass is 383 g/mol. The van der Waals surface area contributed by atoms with Crippen molar-refractivity contribution in [3.8, 4) is 11.5 Å². The molecule has 1 saturated heterocycles. The van der Waals surface area contributed by atoms with Gasteiger partial charge in [-0.2, -0.15) is 0 Å². The van der Waals surface area contributed by atoms with Gasteiger partial charge in [-0.1, -0.05) is 25.1 Å². The smallest absolute Gasteiger partial charge is 0.226 e. The van der Waals surface area contributed by atoms with Crippen LogP contribution in [0.1, 0.15) is 39.3 Å². The van der Waals surface area contributed by atoms with Crippen molar-refractivity contribution in [3.63, 3.8) is 0 Å². The van der Waals surface area contributed by atoms with Crippen molar-refractivity contribution in [2.45, 2.75) is 45.7 Å². The Balaban J connectivity index is 1.50. The Morgan fingerprint density at radius 3 is 2.79 bits per heavy atom. The first-order chi connectivity index (χ1) is 13.5. The van der Waals surface area contributed by atoms with Crippen LogP contribution in [0.2, 0.25) is 0 Å². The molecule has 2 N–H and O–H groups in total. The molecule has 0 amide bonds. The van der Waals surface area contributed by atoms with E-state index in [9.17, 15) is 0 Å². The second-order valence-corrected chi connectivity index (χ2v) is 8.30. The van der Waals surface area contributed by atoms with Crippen molar-refractivity contribution in [3.05, 3.63) is 42.3 Å². The average Bonchev–Trinajstić information content (AvgIpc) is 3.18. The molecular weight excluding hydrogens is 350 g/mol. The Labute approximate surface area is 168 Å². The van der Waals surface area contributed by atoms with Crippen molar-refractivity contribution in [2.24, 2.45) is 10.9 Å². The lowest BCUT2D eigenvalue weighted by Crippen LogP contribution is -2.55. The number of aliphatic imine (C=N–C) groups is 1. The van der Waals surface area contributed by atoms with E-state index in [-0.39, 0.29) is 5.54 Å². The number of rotatable bonds is 6. The van der Waals surface area contributed by atoms with Gasteiger partial charge in [0, 0.05) is 31.2 Å². The number of hydrogen-bond donors (Lipinski definition) is 2. The maximum Gasteiger partial charge on any atom is 0.226 e. The predicted molar refractivity (Wildman–Crippen MR) is 114 cm³/mol. The van der Waals surface area contributed by atoms with Crippen LogP contribution in [0.4, 0.5) is 0 Å². The van der Waals surface area contributed by atoms with Gasteiger partial charge in [0.1, 0.15) is 6.26 Å². The number of piperidine rings is 1. The molecule has 1 atom stereocenters. The van der Waals surface area contributed by atoms with E-state index in [2.05, 4.69) is 46.3 Å². The molecule has 2 heterocycles. The lowest BCUT2D eigenvalue weighted by Gasteiger charge is -2.43. The van der Waals surface area contributed by atoms with Gasteiger partial charge in [0.15, 0.2) is 5.96 Å². The Kier molecular flexibility index (Phi) is 6.73. The zero-order valence-electron chi connectivity index (χ0n) is 17.5. The molecule has 1 unspecified atom stereocenters. The van der Waals surface area contributed by atoms with Gasteiger partial charge in [-0.05, 0) is 51.3 Å². The third-order valence-corrected chi connectivity index (χ3v) is 5.43. The molecule has 1 aliphatic heterocycles. The summed E-state index contributed by atoms with van der Waals surface area (Å²) in [5, 5.41) is 6.80. The van der Waals surface area contributed by atoms with Gasteiger partial charge < -0.3 is 15.1 Å². The van der Waals surface area contributed by atoms with Crippen molar-refractivity contribution in [1.29, 1.82) is 0 Å². The highest BCUT2D eigenvalue weighted by molar-refractivity contribution is 5.79. The first-order valence-electron chi connectivity index (χ1n) is 10.2. The molecule has 6 heteroatoms. The maximum atomic E-state index is 5.60. The van der Waals surface area contributed by atoms with Gasteiger partial charge in [-0.25, -0.2) is 4.98 Å². The number of aromatic nitrogens is 1. The van der Waals surface area contributed by atoms with Crippen LogP contribution in [-0.4, -0.2) is 48.1 Å². The second kappa shape index (κ2) is 9.24. The lowest BCUT2D eigenvalue weighted by atomic mass is 9.93. The number of hydrogen-bond acceptors (Lipinski definition) is 4. The molecule has 152 valence electrons. The largest absolute Gasteiger partial charge is 0.444 e. The summed E-state index contributed by atoms with van der Waals surface area (Å²) in [7, 11) is 1.80. The van der Waals surface area contributed by atoms with E-state index in [0.29, 0.717) is 12.4 Å². The molecule has 0 radical (unpaired) electrons. The summed E-state index contributed by atoms with van der Waals surface area (Å²) in [4.78, 5) is 11.5. The van der Waals surface area contributed by atoms with E-state index in [1.54, 1.807) is 13.3 Å². The third kappa shape index (κ3) is 5.35. The Morgan fingerprint density at radius 2 is 2.07 bits per heavy atom. The molecule has 1 aromatic heterocycles. The van der Waals surface area contributed by atoms with Gasteiger partial charge in [-0.3, -0.25) is 9.89 Å². The fourth-order valence-electron chi connectivity index (χ4n) is 3.65. The van der Waals surface area contributed by atoms with Crippen LogP contribution in [0.15, 0.2) is 46.0 Å². The fraction of sp³-hybridized carbons (Fsp3) is 0.545. The molecule has 1 aliphatic rings. The Bertz CT molecular complexity index is 768. The van der Waals surface area contributed by atoms with E-state index in [1.807, 2.05) is 30.3 Å². The highest BCUT2D eigenvalue weighted by Gasteiger charge is 2.30.